The lowest BCUT2D eigenvalue weighted by atomic mass is 10.1. The average molecular weight is 464 g/mol. The van der Waals surface area contributed by atoms with Crippen molar-refractivity contribution in [2.45, 2.75) is 60.8 Å². The van der Waals surface area contributed by atoms with E-state index in [9.17, 15) is 14.4 Å². The maximum absolute atomic E-state index is 13.6. The van der Waals surface area contributed by atoms with Crippen molar-refractivity contribution in [1.29, 1.82) is 0 Å². The zero-order chi connectivity index (χ0) is 22.5. The molecule has 1 aromatic carbocycles. The van der Waals surface area contributed by atoms with Gasteiger partial charge in [-0.1, -0.05) is 42.1 Å². The third kappa shape index (κ3) is 3.88. The van der Waals surface area contributed by atoms with Gasteiger partial charge in [-0.25, -0.2) is 14.8 Å². The van der Waals surface area contributed by atoms with E-state index in [4.69, 9.17) is 9.97 Å². The number of H-pyrrole nitrogens is 1. The van der Waals surface area contributed by atoms with E-state index in [2.05, 4.69) is 4.98 Å². The van der Waals surface area contributed by atoms with Gasteiger partial charge in [0.25, 0.3) is 5.56 Å². The highest BCUT2D eigenvalue weighted by molar-refractivity contribution is 8.00. The molecular weight excluding hydrogens is 438 g/mol. The Bertz CT molecular complexity index is 1340. The van der Waals surface area contributed by atoms with Crippen LogP contribution in [0.1, 0.15) is 67.1 Å². The van der Waals surface area contributed by atoms with Crippen molar-refractivity contribution in [2.24, 2.45) is 0 Å². The van der Waals surface area contributed by atoms with Gasteiger partial charge in [-0.3, -0.25) is 19.1 Å². The summed E-state index contributed by atoms with van der Waals surface area (Å²) in [6.07, 6.45) is 5.81. The normalized spacial score (nSPS) is 19.2. The highest BCUT2D eigenvalue weighted by Crippen LogP contribution is 2.43. The second-order valence-electron chi connectivity index (χ2n) is 9.16. The number of amides is 1. The average Bonchev–Trinajstić information content (AvgIpc) is 3.76. The summed E-state index contributed by atoms with van der Waals surface area (Å²) >= 11 is 1.31. The third-order valence-electron chi connectivity index (χ3n) is 6.60. The molecule has 1 atom stereocenters. The van der Waals surface area contributed by atoms with E-state index >= 15 is 0 Å². The molecule has 1 N–H and O–H groups in total. The predicted molar refractivity (Wildman–Crippen MR) is 126 cm³/mol. The van der Waals surface area contributed by atoms with E-state index in [1.54, 1.807) is 4.57 Å². The number of carbonyl (C=O) groups is 1. The first kappa shape index (κ1) is 20.7. The first-order valence-electron chi connectivity index (χ1n) is 11.7. The highest BCUT2D eigenvalue weighted by atomic mass is 32.2. The van der Waals surface area contributed by atoms with E-state index in [1.165, 1.54) is 11.8 Å². The van der Waals surface area contributed by atoms with Crippen LogP contribution in [0.4, 0.5) is 0 Å². The molecule has 0 radical (unpaired) electrons. The fourth-order valence-electron chi connectivity index (χ4n) is 4.52. The van der Waals surface area contributed by atoms with Gasteiger partial charge in [-0.15, -0.1) is 0 Å². The molecule has 3 aromatic rings. The molecule has 2 aliphatic carbocycles. The zero-order valence-corrected chi connectivity index (χ0v) is 19.0. The van der Waals surface area contributed by atoms with E-state index in [0.717, 1.165) is 57.2 Å². The molecule has 0 spiro atoms. The maximum atomic E-state index is 13.6. The number of thioether (sulfide) groups is 1. The van der Waals surface area contributed by atoms with E-state index < -0.39 is 16.5 Å². The largest absolute Gasteiger partial charge is 0.341 e. The van der Waals surface area contributed by atoms with Crippen LogP contribution in [0.5, 0.6) is 0 Å². The van der Waals surface area contributed by atoms with Crippen LogP contribution in [0.3, 0.4) is 0 Å². The minimum atomic E-state index is -0.518. The van der Waals surface area contributed by atoms with Gasteiger partial charge in [0.1, 0.15) is 21.5 Å². The second-order valence-corrected chi connectivity index (χ2v) is 10.3. The number of rotatable bonds is 6. The zero-order valence-electron chi connectivity index (χ0n) is 18.2. The van der Waals surface area contributed by atoms with Crippen molar-refractivity contribution in [1.82, 2.24) is 24.4 Å². The van der Waals surface area contributed by atoms with Gasteiger partial charge >= 0.3 is 5.69 Å². The van der Waals surface area contributed by atoms with Crippen LogP contribution in [0, 0.1) is 0 Å². The molecule has 1 aliphatic heterocycles. The Morgan fingerprint density at radius 2 is 1.76 bits per heavy atom. The third-order valence-corrected chi connectivity index (χ3v) is 7.83. The van der Waals surface area contributed by atoms with Crippen LogP contribution >= 0.6 is 11.8 Å². The number of hydrogen-bond donors (Lipinski definition) is 1. The molecule has 1 saturated heterocycles. The molecule has 3 aliphatic rings. The molecule has 0 bridgehead atoms. The lowest BCUT2D eigenvalue weighted by Gasteiger charge is -2.23. The summed E-state index contributed by atoms with van der Waals surface area (Å²) in [5.41, 5.74) is 0.383. The predicted octanol–water partition coefficient (Wildman–Crippen LogP) is 3.15. The smallest absolute Gasteiger partial charge is 0.330 e. The lowest BCUT2D eigenvalue weighted by molar-refractivity contribution is -0.129. The molecule has 3 heterocycles. The molecule has 0 unspecified atom stereocenters. The molecule has 8 nitrogen and oxygen atoms in total. The SMILES string of the molecule is O=C([C@@H](Sc1nc(C2CC2)nc2c1c(=O)[nH]c(=O)n2C1CC1)c1ccccc1)N1CCCC1. The maximum Gasteiger partial charge on any atom is 0.330 e. The summed E-state index contributed by atoms with van der Waals surface area (Å²) in [5, 5.41) is 0.278. The number of likely N-dealkylation sites (tertiary alicyclic amines) is 1. The molecular formula is C24H25N5O3S. The van der Waals surface area contributed by atoms with Gasteiger partial charge in [0, 0.05) is 25.0 Å². The van der Waals surface area contributed by atoms with Crippen LogP contribution < -0.4 is 11.2 Å². The standard InChI is InChI=1S/C24H25N5O3S/c30-21-17-20(29(16-10-11-16)24(32)27-21)25-19(15-8-9-15)26-22(17)33-18(14-6-2-1-3-7-14)23(31)28-12-4-5-13-28/h1-3,6-7,15-16,18H,4-5,8-13H2,(H,27,30,32)/t18-/m0/s1. The summed E-state index contributed by atoms with van der Waals surface area (Å²) in [5.74, 6) is 0.959. The van der Waals surface area contributed by atoms with E-state index in [-0.39, 0.29) is 17.9 Å². The summed E-state index contributed by atoms with van der Waals surface area (Å²) in [6, 6.07) is 9.72. The molecule has 6 rings (SSSR count). The number of benzene rings is 1. The van der Waals surface area contributed by atoms with Crippen molar-refractivity contribution >= 4 is 28.7 Å². The van der Waals surface area contributed by atoms with Gasteiger partial charge in [0.15, 0.2) is 5.65 Å². The van der Waals surface area contributed by atoms with E-state index in [0.29, 0.717) is 21.9 Å². The first-order valence-corrected chi connectivity index (χ1v) is 12.5. The first-order chi connectivity index (χ1) is 16.1. The second kappa shape index (κ2) is 8.13. The molecule has 9 heteroatoms. The molecule has 3 fully saturated rings. The Kier molecular flexibility index (Phi) is 5.09. The van der Waals surface area contributed by atoms with Crippen molar-refractivity contribution in [3.05, 3.63) is 62.6 Å². The Labute approximate surface area is 194 Å². The molecule has 33 heavy (non-hydrogen) atoms. The van der Waals surface area contributed by atoms with Gasteiger partial charge in [0.05, 0.1) is 0 Å². The van der Waals surface area contributed by atoms with Crippen molar-refractivity contribution in [3.8, 4) is 0 Å². The number of carbonyl (C=O) groups excluding carboxylic acids is 1. The number of aromatic nitrogens is 4. The highest BCUT2D eigenvalue weighted by Gasteiger charge is 2.35. The van der Waals surface area contributed by atoms with Crippen LogP contribution in [0.2, 0.25) is 0 Å². The molecule has 170 valence electrons. The van der Waals surface area contributed by atoms with Crippen molar-refractivity contribution in [3.63, 3.8) is 0 Å². The summed E-state index contributed by atoms with van der Waals surface area (Å²) in [7, 11) is 0. The fraction of sp³-hybridized carbons (Fsp3) is 0.458. The van der Waals surface area contributed by atoms with Gasteiger partial charge < -0.3 is 4.90 Å². The Morgan fingerprint density at radius 3 is 2.42 bits per heavy atom. The quantitative estimate of drug-likeness (QED) is 0.445. The number of aromatic amines is 1. The number of nitrogens with zero attached hydrogens (tertiary/aromatic N) is 4. The number of hydrogen-bond acceptors (Lipinski definition) is 6. The summed E-state index contributed by atoms with van der Waals surface area (Å²) in [4.78, 5) is 53.1. The van der Waals surface area contributed by atoms with Gasteiger partial charge in [0.2, 0.25) is 5.91 Å². The van der Waals surface area contributed by atoms with Crippen LogP contribution in [-0.4, -0.2) is 43.4 Å². The van der Waals surface area contributed by atoms with Gasteiger partial charge in [-0.2, -0.15) is 0 Å². The Morgan fingerprint density at radius 1 is 1.03 bits per heavy atom. The molecule has 1 amide bonds. The topological polar surface area (TPSA) is 101 Å². The van der Waals surface area contributed by atoms with Crippen LogP contribution in [0.25, 0.3) is 11.0 Å². The van der Waals surface area contributed by atoms with E-state index in [1.807, 2.05) is 35.2 Å². The lowest BCUT2D eigenvalue weighted by Crippen LogP contribution is -2.32. The molecule has 2 saturated carbocycles. The van der Waals surface area contributed by atoms with Gasteiger partial charge in [-0.05, 0) is 44.1 Å². The summed E-state index contributed by atoms with van der Waals surface area (Å²) < 4.78 is 1.62. The molecule has 2 aromatic heterocycles. The minimum Gasteiger partial charge on any atom is -0.341 e. The Balaban J connectivity index is 1.51. The number of nitrogens with one attached hydrogen (secondary N) is 1. The van der Waals surface area contributed by atoms with Crippen LogP contribution in [-0.2, 0) is 4.79 Å². The fourth-order valence-corrected chi connectivity index (χ4v) is 5.73. The summed E-state index contributed by atoms with van der Waals surface area (Å²) in [6.45, 7) is 1.50. The number of fused-ring (bicyclic) bond motifs is 1. The van der Waals surface area contributed by atoms with Crippen molar-refractivity contribution < 1.29 is 4.79 Å². The van der Waals surface area contributed by atoms with Crippen molar-refractivity contribution in [2.75, 3.05) is 13.1 Å². The van der Waals surface area contributed by atoms with Crippen LogP contribution in [0.15, 0.2) is 44.9 Å². The monoisotopic (exact) mass is 463 g/mol. The Hall–Kier alpha value is -2.94. The minimum absolute atomic E-state index is 0.0374.